The van der Waals surface area contributed by atoms with Gasteiger partial charge in [-0.05, 0) is 67.5 Å². The molecule has 0 bridgehead atoms. The molecule has 0 amide bonds. The smallest absolute Gasteiger partial charge is 0.119 e. The number of benzene rings is 2. The molecule has 4 heteroatoms. The maximum atomic E-state index is 10.3. The number of phenolic OH excluding ortho intramolecular Hbond substituents is 1. The van der Waals surface area contributed by atoms with Gasteiger partial charge in [0.25, 0.3) is 0 Å². The zero-order valence-corrected chi connectivity index (χ0v) is 17.3. The van der Waals surface area contributed by atoms with Crippen LogP contribution in [-0.2, 0) is 12.8 Å². The first-order valence-corrected chi connectivity index (χ1v) is 11.3. The van der Waals surface area contributed by atoms with Gasteiger partial charge in [-0.25, -0.2) is 0 Å². The van der Waals surface area contributed by atoms with Gasteiger partial charge in [0.15, 0.2) is 0 Å². The van der Waals surface area contributed by atoms with E-state index in [9.17, 15) is 5.11 Å². The Labute approximate surface area is 174 Å². The van der Waals surface area contributed by atoms with Crippen molar-refractivity contribution in [3.8, 4) is 5.75 Å². The highest BCUT2D eigenvalue weighted by atomic mass is 16.3. The van der Waals surface area contributed by atoms with E-state index in [1.54, 1.807) is 0 Å². The number of likely N-dealkylation sites (tertiary alicyclic amines) is 1. The average molecular weight is 392 g/mol. The Bertz CT molecular complexity index is 816. The molecule has 0 aromatic heterocycles. The minimum Gasteiger partial charge on any atom is -0.508 e. The third-order valence-corrected chi connectivity index (χ3v) is 7.37. The van der Waals surface area contributed by atoms with E-state index in [2.05, 4.69) is 51.1 Å². The number of aromatic hydroxyl groups is 1. The number of anilines is 1. The minimum absolute atomic E-state index is 0.509. The van der Waals surface area contributed by atoms with Crippen LogP contribution in [0, 0.1) is 5.92 Å². The van der Waals surface area contributed by atoms with E-state index in [1.807, 2.05) is 12.1 Å². The Morgan fingerprint density at radius 2 is 1.66 bits per heavy atom. The second-order valence-electron chi connectivity index (χ2n) is 8.99. The summed E-state index contributed by atoms with van der Waals surface area (Å²) in [4.78, 5) is 7.91. The number of nitrogens with zero attached hydrogens (tertiary/aromatic N) is 3. The van der Waals surface area contributed by atoms with E-state index in [-0.39, 0.29) is 0 Å². The highest BCUT2D eigenvalue weighted by Crippen LogP contribution is 2.38. The lowest BCUT2D eigenvalue weighted by Gasteiger charge is -2.45. The fourth-order valence-electron chi connectivity index (χ4n) is 5.70. The molecule has 4 nitrogen and oxygen atoms in total. The molecule has 3 aliphatic rings. The SMILES string of the molecule is Oc1cccc2c1C[C@@H]1CCCN(CCN3CCN(c4ccccc4)CC3)[C@H]1C2. The van der Waals surface area contributed by atoms with E-state index < -0.39 is 0 Å². The molecule has 2 aromatic carbocycles. The topological polar surface area (TPSA) is 30.0 Å². The molecule has 5 rings (SSSR count). The van der Waals surface area contributed by atoms with E-state index in [1.165, 1.54) is 49.3 Å². The average Bonchev–Trinajstić information content (AvgIpc) is 2.78. The summed E-state index contributed by atoms with van der Waals surface area (Å²) in [6, 6.07) is 17.6. The van der Waals surface area contributed by atoms with Gasteiger partial charge in [-0.3, -0.25) is 9.80 Å². The van der Waals surface area contributed by atoms with Gasteiger partial charge in [0, 0.05) is 51.0 Å². The number of phenols is 1. The lowest BCUT2D eigenvalue weighted by molar-refractivity contribution is 0.0722. The Morgan fingerprint density at radius 3 is 2.48 bits per heavy atom. The quantitative estimate of drug-likeness (QED) is 0.865. The van der Waals surface area contributed by atoms with Crippen molar-refractivity contribution in [1.29, 1.82) is 0 Å². The van der Waals surface area contributed by atoms with Crippen molar-refractivity contribution in [2.24, 2.45) is 5.92 Å². The molecule has 0 radical (unpaired) electrons. The molecule has 2 atom stereocenters. The molecule has 154 valence electrons. The van der Waals surface area contributed by atoms with E-state index in [0.717, 1.165) is 39.0 Å². The molecule has 2 aromatic rings. The molecule has 29 heavy (non-hydrogen) atoms. The number of piperidine rings is 1. The first kappa shape index (κ1) is 19.0. The molecular weight excluding hydrogens is 358 g/mol. The van der Waals surface area contributed by atoms with Gasteiger partial charge in [-0.1, -0.05) is 30.3 Å². The maximum absolute atomic E-state index is 10.3. The monoisotopic (exact) mass is 391 g/mol. The van der Waals surface area contributed by atoms with Crippen LogP contribution in [0.2, 0.25) is 0 Å². The van der Waals surface area contributed by atoms with Crippen LogP contribution in [0.15, 0.2) is 48.5 Å². The van der Waals surface area contributed by atoms with E-state index in [4.69, 9.17) is 0 Å². The summed E-state index contributed by atoms with van der Waals surface area (Å²) in [6.45, 7) is 8.17. The molecule has 0 spiro atoms. The fraction of sp³-hybridized carbons (Fsp3) is 0.520. The second-order valence-corrected chi connectivity index (χ2v) is 8.99. The number of fused-ring (bicyclic) bond motifs is 2. The molecule has 2 saturated heterocycles. The zero-order chi connectivity index (χ0) is 19.6. The zero-order valence-electron chi connectivity index (χ0n) is 17.3. The number of hydrogen-bond donors (Lipinski definition) is 1. The van der Waals surface area contributed by atoms with Crippen LogP contribution in [0.3, 0.4) is 0 Å². The van der Waals surface area contributed by atoms with Gasteiger partial charge < -0.3 is 10.0 Å². The van der Waals surface area contributed by atoms with Gasteiger partial charge in [0.2, 0.25) is 0 Å². The van der Waals surface area contributed by atoms with Crippen LogP contribution >= 0.6 is 0 Å². The lowest BCUT2D eigenvalue weighted by atomic mass is 9.75. The molecule has 2 fully saturated rings. The van der Waals surface area contributed by atoms with Gasteiger partial charge >= 0.3 is 0 Å². The number of hydrogen-bond acceptors (Lipinski definition) is 4. The lowest BCUT2D eigenvalue weighted by Crippen LogP contribution is -2.53. The number of piperazine rings is 1. The molecule has 1 N–H and O–H groups in total. The van der Waals surface area contributed by atoms with Crippen LogP contribution < -0.4 is 4.90 Å². The molecular formula is C25H33N3O. The van der Waals surface area contributed by atoms with Crippen LogP contribution in [0.1, 0.15) is 24.0 Å². The largest absolute Gasteiger partial charge is 0.508 e. The van der Waals surface area contributed by atoms with Crippen LogP contribution in [0.4, 0.5) is 5.69 Å². The van der Waals surface area contributed by atoms with Gasteiger partial charge in [-0.15, -0.1) is 0 Å². The van der Waals surface area contributed by atoms with Gasteiger partial charge in [0.05, 0.1) is 0 Å². The molecule has 0 unspecified atom stereocenters. The van der Waals surface area contributed by atoms with Crippen molar-refractivity contribution in [3.05, 3.63) is 59.7 Å². The minimum atomic E-state index is 0.509. The van der Waals surface area contributed by atoms with Crippen LogP contribution in [-0.4, -0.2) is 66.8 Å². The van der Waals surface area contributed by atoms with Crippen molar-refractivity contribution in [2.45, 2.75) is 31.7 Å². The summed E-state index contributed by atoms with van der Waals surface area (Å²) in [6.07, 6.45) is 4.77. The highest BCUT2D eigenvalue weighted by molar-refractivity contribution is 5.46. The maximum Gasteiger partial charge on any atom is 0.119 e. The Morgan fingerprint density at radius 1 is 0.828 bits per heavy atom. The van der Waals surface area contributed by atoms with Gasteiger partial charge in [-0.2, -0.15) is 0 Å². The molecule has 0 saturated carbocycles. The first-order chi connectivity index (χ1) is 14.3. The van der Waals surface area contributed by atoms with Crippen molar-refractivity contribution in [1.82, 2.24) is 9.80 Å². The summed E-state index contributed by atoms with van der Waals surface area (Å²) < 4.78 is 0. The molecule has 1 aliphatic carbocycles. The Balaban J connectivity index is 1.17. The van der Waals surface area contributed by atoms with Crippen LogP contribution in [0.25, 0.3) is 0 Å². The van der Waals surface area contributed by atoms with E-state index in [0.29, 0.717) is 17.7 Å². The number of rotatable bonds is 4. The van der Waals surface area contributed by atoms with Crippen molar-refractivity contribution in [2.75, 3.05) is 50.7 Å². The van der Waals surface area contributed by atoms with Crippen LogP contribution in [0.5, 0.6) is 5.75 Å². The molecule has 2 aliphatic heterocycles. The highest BCUT2D eigenvalue weighted by Gasteiger charge is 2.36. The third kappa shape index (κ3) is 4.01. The summed E-state index contributed by atoms with van der Waals surface area (Å²) in [5.41, 5.74) is 3.94. The van der Waals surface area contributed by atoms with Crippen molar-refractivity contribution in [3.63, 3.8) is 0 Å². The summed E-state index contributed by atoms with van der Waals surface area (Å²) in [5, 5.41) is 10.3. The summed E-state index contributed by atoms with van der Waals surface area (Å²) in [7, 11) is 0. The Kier molecular flexibility index (Phi) is 5.47. The van der Waals surface area contributed by atoms with Crippen molar-refractivity contribution < 1.29 is 5.11 Å². The summed E-state index contributed by atoms with van der Waals surface area (Å²) >= 11 is 0. The second kappa shape index (κ2) is 8.37. The molecule has 2 heterocycles. The van der Waals surface area contributed by atoms with Gasteiger partial charge in [0.1, 0.15) is 5.75 Å². The predicted molar refractivity (Wildman–Crippen MR) is 119 cm³/mol. The Hall–Kier alpha value is -2.04. The fourth-order valence-corrected chi connectivity index (χ4v) is 5.70. The standard InChI is InChI=1S/C25H33N3O/c29-25-10-4-6-20-19-24-21(18-23(20)25)7-5-11-28(24)17-14-26-12-15-27(16-13-26)22-8-2-1-3-9-22/h1-4,6,8-10,21,24,29H,5,7,11-19H2/t21-,24-/m0/s1. The number of para-hydroxylation sites is 1. The summed E-state index contributed by atoms with van der Waals surface area (Å²) in [5.74, 6) is 1.22. The first-order valence-electron chi connectivity index (χ1n) is 11.3. The normalized spacial score (nSPS) is 25.4. The third-order valence-electron chi connectivity index (χ3n) is 7.37. The predicted octanol–water partition coefficient (Wildman–Crippen LogP) is 3.39. The van der Waals surface area contributed by atoms with Crippen molar-refractivity contribution >= 4 is 5.69 Å². The van der Waals surface area contributed by atoms with E-state index >= 15 is 0 Å².